The first-order valence-electron chi connectivity index (χ1n) is 7.10. The van der Waals surface area contributed by atoms with Crippen molar-refractivity contribution >= 4 is 12.2 Å². The van der Waals surface area contributed by atoms with E-state index < -0.39 is 0 Å². The summed E-state index contributed by atoms with van der Waals surface area (Å²) < 4.78 is 11.0. The van der Waals surface area contributed by atoms with E-state index in [9.17, 15) is 9.59 Å². The molecule has 5 heteroatoms. The van der Waals surface area contributed by atoms with Gasteiger partial charge in [-0.15, -0.1) is 0 Å². The minimum absolute atomic E-state index is 0.103. The summed E-state index contributed by atoms with van der Waals surface area (Å²) in [5, 5.41) is 0. The largest absolute Gasteiger partial charge is 0.493 e. The first kappa shape index (κ1) is 17.0. The fraction of sp³-hybridized carbons (Fsp3) is 0.500. The molecule has 0 aliphatic carbocycles. The van der Waals surface area contributed by atoms with Crippen molar-refractivity contribution in [2.75, 3.05) is 20.3 Å². The lowest BCUT2D eigenvalue weighted by molar-refractivity contribution is -0.133. The number of hydrogen-bond acceptors (Lipinski definition) is 4. The topological polar surface area (TPSA) is 55.8 Å². The molecule has 0 atom stereocenters. The van der Waals surface area contributed by atoms with Crippen molar-refractivity contribution in [1.82, 2.24) is 4.90 Å². The summed E-state index contributed by atoms with van der Waals surface area (Å²) in [6.07, 6.45) is 1.60. The molecule has 0 spiro atoms. The lowest BCUT2D eigenvalue weighted by Gasteiger charge is -2.21. The zero-order valence-corrected chi connectivity index (χ0v) is 13.1. The Morgan fingerprint density at radius 2 is 2.05 bits per heavy atom. The highest BCUT2D eigenvalue weighted by atomic mass is 16.5. The van der Waals surface area contributed by atoms with Crippen LogP contribution in [0, 0.1) is 0 Å². The Balaban J connectivity index is 2.76. The predicted octanol–water partition coefficient (Wildman–Crippen LogP) is 2.53. The fourth-order valence-electron chi connectivity index (χ4n) is 1.58. The third-order valence-corrected chi connectivity index (χ3v) is 3.10. The van der Waals surface area contributed by atoms with Crippen LogP contribution in [-0.4, -0.2) is 43.4 Å². The monoisotopic (exact) mass is 293 g/mol. The molecule has 0 saturated heterocycles. The Morgan fingerprint density at radius 1 is 1.33 bits per heavy atom. The first-order valence-corrected chi connectivity index (χ1v) is 7.10. The van der Waals surface area contributed by atoms with E-state index >= 15 is 0 Å². The zero-order valence-electron chi connectivity index (χ0n) is 13.1. The number of benzene rings is 1. The fourth-order valence-corrected chi connectivity index (χ4v) is 1.58. The number of carbonyl (C=O) groups is 2. The second-order valence-corrected chi connectivity index (χ2v) is 5.05. The second kappa shape index (κ2) is 8.29. The highest BCUT2D eigenvalue weighted by molar-refractivity contribution is 5.81. The van der Waals surface area contributed by atoms with Gasteiger partial charge in [-0.1, -0.05) is 6.92 Å². The predicted molar refractivity (Wildman–Crippen MR) is 81.0 cm³/mol. The number of amides is 1. The molecule has 5 nitrogen and oxygen atoms in total. The van der Waals surface area contributed by atoms with Crippen molar-refractivity contribution in [3.63, 3.8) is 0 Å². The van der Waals surface area contributed by atoms with Crippen molar-refractivity contribution in [1.29, 1.82) is 0 Å². The Bertz CT molecular complexity index is 485. The molecule has 21 heavy (non-hydrogen) atoms. The molecule has 1 aromatic rings. The van der Waals surface area contributed by atoms with Gasteiger partial charge in [0, 0.05) is 19.2 Å². The molecule has 0 saturated carbocycles. The molecule has 1 aromatic carbocycles. The van der Waals surface area contributed by atoms with Gasteiger partial charge >= 0.3 is 0 Å². The van der Waals surface area contributed by atoms with Gasteiger partial charge in [-0.3, -0.25) is 9.59 Å². The first-order chi connectivity index (χ1) is 9.99. The summed E-state index contributed by atoms with van der Waals surface area (Å²) in [5.74, 6) is 0.855. The van der Waals surface area contributed by atoms with Crippen LogP contribution in [0.1, 0.15) is 37.6 Å². The maximum atomic E-state index is 11.9. The Hall–Kier alpha value is -2.04. The van der Waals surface area contributed by atoms with Gasteiger partial charge in [0.2, 0.25) is 0 Å². The van der Waals surface area contributed by atoms with Crippen LogP contribution < -0.4 is 9.47 Å². The van der Waals surface area contributed by atoms with E-state index in [1.807, 2.05) is 20.8 Å². The number of ether oxygens (including phenoxy) is 2. The third-order valence-electron chi connectivity index (χ3n) is 3.10. The molecule has 0 unspecified atom stereocenters. The minimum atomic E-state index is -0.137. The second-order valence-electron chi connectivity index (χ2n) is 5.05. The molecular weight excluding hydrogens is 270 g/mol. The van der Waals surface area contributed by atoms with E-state index in [0.29, 0.717) is 30.0 Å². The van der Waals surface area contributed by atoms with Crippen LogP contribution in [-0.2, 0) is 4.79 Å². The minimum Gasteiger partial charge on any atom is -0.493 e. The van der Waals surface area contributed by atoms with E-state index in [2.05, 4.69) is 0 Å². The van der Waals surface area contributed by atoms with Crippen molar-refractivity contribution in [2.45, 2.75) is 33.2 Å². The van der Waals surface area contributed by atoms with Crippen molar-refractivity contribution in [3.8, 4) is 11.5 Å². The molecule has 0 heterocycles. The van der Waals surface area contributed by atoms with Gasteiger partial charge < -0.3 is 14.4 Å². The molecule has 0 aliphatic rings. The molecular formula is C16H23NO4. The molecule has 0 aromatic heterocycles. The lowest BCUT2D eigenvalue weighted by atomic mass is 10.2. The van der Waals surface area contributed by atoms with E-state index in [0.717, 1.165) is 6.42 Å². The summed E-state index contributed by atoms with van der Waals surface area (Å²) >= 11 is 0. The van der Waals surface area contributed by atoms with Crippen LogP contribution in [0.15, 0.2) is 18.2 Å². The van der Waals surface area contributed by atoms with Crippen molar-refractivity contribution in [2.24, 2.45) is 0 Å². The molecule has 116 valence electrons. The average molecular weight is 293 g/mol. The Morgan fingerprint density at radius 3 is 2.62 bits per heavy atom. The average Bonchev–Trinajstić information content (AvgIpc) is 2.49. The van der Waals surface area contributed by atoms with Crippen LogP contribution in [0.5, 0.6) is 11.5 Å². The summed E-state index contributed by atoms with van der Waals surface area (Å²) in [6, 6.07) is 5.09. The van der Waals surface area contributed by atoms with Gasteiger partial charge in [-0.25, -0.2) is 0 Å². The Kier molecular flexibility index (Phi) is 6.72. The number of aldehydes is 1. The van der Waals surface area contributed by atoms with Gasteiger partial charge in [0.25, 0.3) is 5.91 Å². The van der Waals surface area contributed by atoms with Gasteiger partial charge in [0.1, 0.15) is 11.5 Å². The zero-order chi connectivity index (χ0) is 15.8. The van der Waals surface area contributed by atoms with Crippen LogP contribution >= 0.6 is 0 Å². The van der Waals surface area contributed by atoms with Crippen LogP contribution in [0.25, 0.3) is 0 Å². The van der Waals surface area contributed by atoms with Crippen molar-refractivity contribution in [3.05, 3.63) is 23.8 Å². The lowest BCUT2D eigenvalue weighted by Crippen LogP contribution is -2.36. The number of carbonyl (C=O) groups excluding carboxylic acids is 2. The number of rotatable bonds is 8. The third kappa shape index (κ3) is 5.10. The van der Waals surface area contributed by atoms with Gasteiger partial charge in [-0.2, -0.15) is 0 Å². The van der Waals surface area contributed by atoms with Gasteiger partial charge in [-0.05, 0) is 32.4 Å². The highest BCUT2D eigenvalue weighted by Crippen LogP contribution is 2.24. The summed E-state index contributed by atoms with van der Waals surface area (Å²) in [7, 11) is 1.72. The summed E-state index contributed by atoms with van der Waals surface area (Å²) in [4.78, 5) is 24.5. The summed E-state index contributed by atoms with van der Waals surface area (Å²) in [6.45, 7) is 6.35. The van der Waals surface area contributed by atoms with E-state index in [1.165, 1.54) is 0 Å². The molecule has 1 rings (SSSR count). The number of nitrogens with zero attached hydrogens (tertiary/aromatic N) is 1. The highest BCUT2D eigenvalue weighted by Gasteiger charge is 2.14. The quantitative estimate of drug-likeness (QED) is 0.691. The molecule has 0 radical (unpaired) electrons. The van der Waals surface area contributed by atoms with Crippen molar-refractivity contribution < 1.29 is 19.1 Å². The van der Waals surface area contributed by atoms with Crippen LogP contribution in [0.4, 0.5) is 0 Å². The SMILES string of the molecule is CCCOc1ccc(C=O)c(OCC(=O)N(C)C(C)C)c1. The molecule has 0 fully saturated rings. The maximum absolute atomic E-state index is 11.9. The summed E-state index contributed by atoms with van der Waals surface area (Å²) in [5.41, 5.74) is 0.402. The smallest absolute Gasteiger partial charge is 0.260 e. The number of likely N-dealkylation sites (N-methyl/N-ethyl adjacent to an activating group) is 1. The standard InChI is InChI=1S/C16H23NO4/c1-5-8-20-14-7-6-13(10-18)15(9-14)21-11-16(19)17(4)12(2)3/h6-7,9-10,12H,5,8,11H2,1-4H3. The molecule has 1 amide bonds. The van der Waals surface area contributed by atoms with Gasteiger partial charge in [0.05, 0.1) is 12.2 Å². The molecule has 0 bridgehead atoms. The van der Waals surface area contributed by atoms with Crippen LogP contribution in [0.2, 0.25) is 0 Å². The number of hydrogen-bond donors (Lipinski definition) is 0. The van der Waals surface area contributed by atoms with E-state index in [1.54, 1.807) is 30.1 Å². The normalized spacial score (nSPS) is 10.3. The van der Waals surface area contributed by atoms with E-state index in [4.69, 9.17) is 9.47 Å². The Labute approximate surface area is 125 Å². The maximum Gasteiger partial charge on any atom is 0.260 e. The van der Waals surface area contributed by atoms with Crippen LogP contribution in [0.3, 0.4) is 0 Å². The molecule has 0 aliphatic heterocycles. The van der Waals surface area contributed by atoms with Gasteiger partial charge in [0.15, 0.2) is 12.9 Å². The van der Waals surface area contributed by atoms with E-state index in [-0.39, 0.29) is 18.6 Å². The molecule has 0 N–H and O–H groups in total.